The van der Waals surface area contributed by atoms with Gasteiger partial charge in [-0.2, -0.15) is 0 Å². The third-order valence-electron chi connectivity index (χ3n) is 3.32. The molecule has 0 saturated heterocycles. The van der Waals surface area contributed by atoms with Crippen LogP contribution in [0.15, 0.2) is 42.6 Å². The summed E-state index contributed by atoms with van der Waals surface area (Å²) in [5, 5.41) is 0.727. The van der Waals surface area contributed by atoms with Gasteiger partial charge in [0.2, 0.25) is 0 Å². The molecule has 3 nitrogen and oxygen atoms in total. The molecule has 104 valence electrons. The number of benzene rings is 1. The number of pyridine rings is 1. The van der Waals surface area contributed by atoms with E-state index in [2.05, 4.69) is 16.8 Å². The highest BCUT2D eigenvalue weighted by Gasteiger charge is 2.17. The van der Waals surface area contributed by atoms with E-state index in [9.17, 15) is 0 Å². The van der Waals surface area contributed by atoms with E-state index in [4.69, 9.17) is 29.6 Å². The summed E-state index contributed by atoms with van der Waals surface area (Å²) in [5.41, 5.74) is 7.69. The molecule has 0 fully saturated rings. The molecule has 0 bridgehead atoms. The summed E-state index contributed by atoms with van der Waals surface area (Å²) >= 11 is 11.0. The van der Waals surface area contributed by atoms with Crippen molar-refractivity contribution in [1.29, 1.82) is 0 Å². The van der Waals surface area contributed by atoms with Crippen LogP contribution in [0, 0.1) is 0 Å². The van der Waals surface area contributed by atoms with Gasteiger partial charge < -0.3 is 10.6 Å². The normalized spacial score (nSPS) is 11.9. The molecule has 2 rings (SSSR count). The number of halogens is 1. The van der Waals surface area contributed by atoms with Crippen LogP contribution >= 0.6 is 23.8 Å². The van der Waals surface area contributed by atoms with Gasteiger partial charge in [-0.3, -0.25) is 0 Å². The fourth-order valence-corrected chi connectivity index (χ4v) is 2.30. The zero-order valence-corrected chi connectivity index (χ0v) is 12.9. The summed E-state index contributed by atoms with van der Waals surface area (Å²) in [6.45, 7) is 2.10. The zero-order chi connectivity index (χ0) is 14.7. The summed E-state index contributed by atoms with van der Waals surface area (Å²) in [6, 6.07) is 11.6. The summed E-state index contributed by atoms with van der Waals surface area (Å²) in [7, 11) is 1.98. The van der Waals surface area contributed by atoms with Crippen molar-refractivity contribution in [2.75, 3.05) is 11.9 Å². The Balaban J connectivity index is 2.33. The number of aromatic nitrogens is 1. The van der Waals surface area contributed by atoms with Crippen LogP contribution in [-0.2, 0) is 0 Å². The van der Waals surface area contributed by atoms with Gasteiger partial charge in [-0.25, -0.2) is 4.98 Å². The first-order valence-corrected chi connectivity index (χ1v) is 7.02. The van der Waals surface area contributed by atoms with Gasteiger partial charge in [0.05, 0.1) is 11.6 Å². The molecule has 2 N–H and O–H groups in total. The minimum absolute atomic E-state index is 0.135. The second kappa shape index (κ2) is 6.20. The zero-order valence-electron chi connectivity index (χ0n) is 11.4. The predicted octanol–water partition coefficient (Wildman–Crippen LogP) is 3.57. The molecule has 0 aliphatic carbocycles. The first-order valence-electron chi connectivity index (χ1n) is 6.24. The molecule has 1 aromatic carbocycles. The van der Waals surface area contributed by atoms with Crippen LogP contribution in [-0.4, -0.2) is 17.0 Å². The largest absolute Gasteiger partial charge is 0.389 e. The molecule has 1 heterocycles. The molecule has 0 amide bonds. The molecule has 0 saturated carbocycles. The quantitative estimate of drug-likeness (QED) is 0.877. The van der Waals surface area contributed by atoms with E-state index in [1.165, 1.54) is 0 Å². The average Bonchev–Trinajstić information content (AvgIpc) is 2.46. The summed E-state index contributed by atoms with van der Waals surface area (Å²) in [4.78, 5) is 6.80. The van der Waals surface area contributed by atoms with Crippen molar-refractivity contribution in [3.8, 4) is 0 Å². The maximum absolute atomic E-state index is 5.92. The van der Waals surface area contributed by atoms with Crippen LogP contribution in [0.5, 0.6) is 0 Å². The molecule has 0 aliphatic heterocycles. The monoisotopic (exact) mass is 305 g/mol. The maximum atomic E-state index is 5.92. The molecule has 1 unspecified atom stereocenters. The Morgan fingerprint density at radius 1 is 1.30 bits per heavy atom. The fourth-order valence-electron chi connectivity index (χ4n) is 2.02. The lowest BCUT2D eigenvalue weighted by atomic mass is 10.1. The number of thiocarbonyl (C=S) groups is 1. The molecule has 0 aliphatic rings. The standard InChI is InChI=1S/C15H16ClN3S/c1-10(11-5-7-12(16)8-6-11)19(2)15-13(14(17)20)4-3-9-18-15/h3-10H,1-2H3,(H2,17,20). The first-order chi connectivity index (χ1) is 9.50. The lowest BCUT2D eigenvalue weighted by Gasteiger charge is -2.28. The molecule has 0 radical (unpaired) electrons. The van der Waals surface area contributed by atoms with Crippen LogP contribution in [0.3, 0.4) is 0 Å². The second-order valence-corrected chi connectivity index (χ2v) is 5.45. The average molecular weight is 306 g/mol. The number of nitrogens with two attached hydrogens (primary N) is 1. The third-order valence-corrected chi connectivity index (χ3v) is 3.79. The van der Waals surface area contributed by atoms with Crippen molar-refractivity contribution < 1.29 is 0 Å². The fraction of sp³-hybridized carbons (Fsp3) is 0.200. The number of rotatable bonds is 4. The van der Waals surface area contributed by atoms with Crippen molar-refractivity contribution in [2.45, 2.75) is 13.0 Å². The molecular weight excluding hydrogens is 290 g/mol. The van der Waals surface area contributed by atoms with Gasteiger partial charge in [0.1, 0.15) is 10.8 Å². The smallest absolute Gasteiger partial charge is 0.139 e. The lowest BCUT2D eigenvalue weighted by Crippen LogP contribution is -2.26. The third kappa shape index (κ3) is 3.08. The van der Waals surface area contributed by atoms with Crippen LogP contribution in [0.2, 0.25) is 5.02 Å². The highest BCUT2D eigenvalue weighted by atomic mass is 35.5. The van der Waals surface area contributed by atoms with Crippen LogP contribution in [0.4, 0.5) is 5.82 Å². The Morgan fingerprint density at radius 3 is 2.55 bits per heavy atom. The molecule has 5 heteroatoms. The Kier molecular flexibility index (Phi) is 4.57. The van der Waals surface area contributed by atoms with Gasteiger partial charge in [0.15, 0.2) is 0 Å². The number of anilines is 1. The summed E-state index contributed by atoms with van der Waals surface area (Å²) in [6.07, 6.45) is 1.74. The number of nitrogens with zero attached hydrogens (tertiary/aromatic N) is 2. The van der Waals surface area contributed by atoms with E-state index in [-0.39, 0.29) is 6.04 Å². The Labute approximate surface area is 129 Å². The van der Waals surface area contributed by atoms with Crippen molar-refractivity contribution in [3.63, 3.8) is 0 Å². The van der Waals surface area contributed by atoms with Gasteiger partial charge >= 0.3 is 0 Å². The predicted molar refractivity (Wildman–Crippen MR) is 88.4 cm³/mol. The SMILES string of the molecule is CC(c1ccc(Cl)cc1)N(C)c1ncccc1C(N)=S. The highest BCUT2D eigenvalue weighted by Crippen LogP contribution is 2.27. The van der Waals surface area contributed by atoms with E-state index in [1.807, 2.05) is 43.4 Å². The van der Waals surface area contributed by atoms with Gasteiger partial charge in [-0.15, -0.1) is 0 Å². The van der Waals surface area contributed by atoms with E-state index in [1.54, 1.807) is 6.20 Å². The lowest BCUT2D eigenvalue weighted by molar-refractivity contribution is 0.728. The van der Waals surface area contributed by atoms with Crippen molar-refractivity contribution >= 4 is 34.6 Å². The summed E-state index contributed by atoms with van der Waals surface area (Å²) in [5.74, 6) is 0.780. The molecule has 20 heavy (non-hydrogen) atoms. The molecule has 0 spiro atoms. The van der Waals surface area contributed by atoms with Gasteiger partial charge in [-0.05, 0) is 36.8 Å². The summed E-state index contributed by atoms with van der Waals surface area (Å²) < 4.78 is 0. The molecule has 2 aromatic rings. The van der Waals surface area contributed by atoms with Crippen LogP contribution < -0.4 is 10.6 Å². The Bertz CT molecular complexity index is 613. The van der Waals surface area contributed by atoms with Crippen LogP contribution in [0.1, 0.15) is 24.1 Å². The van der Waals surface area contributed by atoms with Gasteiger partial charge in [0, 0.05) is 18.3 Å². The first kappa shape index (κ1) is 14.8. The Morgan fingerprint density at radius 2 is 1.95 bits per heavy atom. The molecule has 1 aromatic heterocycles. The van der Waals surface area contributed by atoms with Crippen LogP contribution in [0.25, 0.3) is 0 Å². The van der Waals surface area contributed by atoms with Gasteiger partial charge in [0.25, 0.3) is 0 Å². The van der Waals surface area contributed by atoms with E-state index in [0.29, 0.717) is 4.99 Å². The highest BCUT2D eigenvalue weighted by molar-refractivity contribution is 7.80. The van der Waals surface area contributed by atoms with E-state index in [0.717, 1.165) is 22.0 Å². The van der Waals surface area contributed by atoms with E-state index < -0.39 is 0 Å². The Hall–Kier alpha value is -1.65. The van der Waals surface area contributed by atoms with E-state index >= 15 is 0 Å². The van der Waals surface area contributed by atoms with Crippen molar-refractivity contribution in [1.82, 2.24) is 4.98 Å². The molecular formula is C15H16ClN3S. The maximum Gasteiger partial charge on any atom is 0.139 e. The minimum Gasteiger partial charge on any atom is -0.389 e. The molecule has 1 atom stereocenters. The minimum atomic E-state index is 0.135. The van der Waals surface area contributed by atoms with Crippen molar-refractivity contribution in [3.05, 3.63) is 58.7 Å². The second-order valence-electron chi connectivity index (χ2n) is 4.58. The van der Waals surface area contributed by atoms with Gasteiger partial charge in [-0.1, -0.05) is 36.0 Å². The van der Waals surface area contributed by atoms with Crippen molar-refractivity contribution in [2.24, 2.45) is 5.73 Å². The topological polar surface area (TPSA) is 42.2 Å². The number of hydrogen-bond acceptors (Lipinski definition) is 3. The number of hydrogen-bond donors (Lipinski definition) is 1.